The SMILES string of the molecule is C[C@H](CO)N1C[C@H](C)[C@@H](CN(C)Cc2ccc3c(c2)OCO3)Oc2cc(-c3cccc(C(=O)N(C)C)c3)ccc2S1(=O)=O. The number of benzene rings is 3. The second kappa shape index (κ2) is 12.5. The number of aliphatic hydroxyl groups excluding tert-OH is 1. The summed E-state index contributed by atoms with van der Waals surface area (Å²) in [7, 11) is 1.41. The number of sulfonamides is 1. The highest BCUT2D eigenvalue weighted by molar-refractivity contribution is 7.89. The molecule has 0 aliphatic carbocycles. The molecule has 3 atom stereocenters. The molecule has 1 N–H and O–H groups in total. The van der Waals surface area contributed by atoms with Crippen molar-refractivity contribution in [3.8, 4) is 28.4 Å². The van der Waals surface area contributed by atoms with Crippen LogP contribution < -0.4 is 14.2 Å². The predicted octanol–water partition coefficient (Wildman–Crippen LogP) is 3.68. The maximum atomic E-state index is 13.9. The molecule has 11 heteroatoms. The van der Waals surface area contributed by atoms with Gasteiger partial charge in [0.1, 0.15) is 16.7 Å². The Bertz CT molecular complexity index is 1590. The fraction of sp³-hybridized carbons (Fsp3) is 0.406. The first-order chi connectivity index (χ1) is 20.5. The molecule has 0 spiro atoms. The minimum atomic E-state index is -3.98. The number of rotatable bonds is 8. The number of ether oxygens (including phenoxy) is 3. The Morgan fingerprint density at radius 2 is 1.74 bits per heavy atom. The Morgan fingerprint density at radius 3 is 2.49 bits per heavy atom. The van der Waals surface area contributed by atoms with E-state index in [-0.39, 0.29) is 48.5 Å². The maximum Gasteiger partial charge on any atom is 0.253 e. The lowest BCUT2D eigenvalue weighted by Crippen LogP contribution is -2.49. The quantitative estimate of drug-likeness (QED) is 0.412. The van der Waals surface area contributed by atoms with Gasteiger partial charge in [0.25, 0.3) is 5.91 Å². The third-order valence-electron chi connectivity index (χ3n) is 7.90. The van der Waals surface area contributed by atoms with Gasteiger partial charge in [-0.2, -0.15) is 4.31 Å². The highest BCUT2D eigenvalue weighted by atomic mass is 32.2. The van der Waals surface area contributed by atoms with Crippen molar-refractivity contribution in [2.45, 2.75) is 37.4 Å². The zero-order valence-corrected chi connectivity index (χ0v) is 26.0. The minimum absolute atomic E-state index is 0.0485. The van der Waals surface area contributed by atoms with Crippen molar-refractivity contribution >= 4 is 15.9 Å². The molecule has 3 aromatic rings. The van der Waals surface area contributed by atoms with Crippen molar-refractivity contribution in [1.82, 2.24) is 14.1 Å². The highest BCUT2D eigenvalue weighted by Crippen LogP contribution is 2.37. The number of hydrogen-bond donors (Lipinski definition) is 1. The average molecular weight is 610 g/mol. The zero-order valence-electron chi connectivity index (χ0n) is 25.2. The molecule has 10 nitrogen and oxygen atoms in total. The van der Waals surface area contributed by atoms with Gasteiger partial charge in [0.05, 0.1) is 6.61 Å². The summed E-state index contributed by atoms with van der Waals surface area (Å²) in [5.74, 6) is 1.37. The Kier molecular flexibility index (Phi) is 8.98. The fourth-order valence-electron chi connectivity index (χ4n) is 5.44. The van der Waals surface area contributed by atoms with Crippen molar-refractivity contribution in [3.63, 3.8) is 0 Å². The molecular formula is C32H39N3O7S. The molecule has 2 aliphatic rings. The summed E-state index contributed by atoms with van der Waals surface area (Å²) in [6, 6.07) is 17.5. The normalized spacial score (nSPS) is 20.1. The van der Waals surface area contributed by atoms with Gasteiger partial charge in [0, 0.05) is 51.3 Å². The minimum Gasteiger partial charge on any atom is -0.487 e. The Hall–Kier alpha value is -3.64. The number of nitrogens with zero attached hydrogens (tertiary/aromatic N) is 3. The highest BCUT2D eigenvalue weighted by Gasteiger charge is 2.38. The molecular weight excluding hydrogens is 570 g/mol. The molecule has 0 saturated carbocycles. The summed E-state index contributed by atoms with van der Waals surface area (Å²) in [4.78, 5) is 16.3. The van der Waals surface area contributed by atoms with Crippen LogP contribution in [0.3, 0.4) is 0 Å². The third-order valence-corrected chi connectivity index (χ3v) is 9.92. The van der Waals surface area contributed by atoms with Crippen LogP contribution in [0.15, 0.2) is 65.6 Å². The predicted molar refractivity (Wildman–Crippen MR) is 163 cm³/mol. The molecule has 0 radical (unpaired) electrons. The molecule has 3 aromatic carbocycles. The van der Waals surface area contributed by atoms with Gasteiger partial charge in [-0.1, -0.05) is 31.2 Å². The van der Waals surface area contributed by atoms with E-state index in [1.165, 1.54) is 9.21 Å². The van der Waals surface area contributed by atoms with Gasteiger partial charge in [-0.15, -0.1) is 0 Å². The lowest BCUT2D eigenvalue weighted by atomic mass is 10.0. The van der Waals surface area contributed by atoms with Crippen LogP contribution >= 0.6 is 0 Å². The molecule has 0 aromatic heterocycles. The van der Waals surface area contributed by atoms with Crippen molar-refractivity contribution in [2.75, 3.05) is 47.6 Å². The summed E-state index contributed by atoms with van der Waals surface area (Å²) >= 11 is 0. The molecule has 1 amide bonds. The smallest absolute Gasteiger partial charge is 0.253 e. The summed E-state index contributed by atoms with van der Waals surface area (Å²) in [6.45, 7) is 4.92. The fourth-order valence-corrected chi connectivity index (χ4v) is 7.26. The standard InChI is InChI=1S/C32H39N3O7S/c1-21-16-35(22(2)19-36)43(38,39)31-12-10-25(24-7-6-8-26(14-24)32(37)33(3)4)15-29(31)42-30(21)18-34(5)17-23-9-11-27-28(13-23)41-20-40-27/h6-15,21-22,30,36H,16-20H2,1-5H3/t21-,22+,30+/m0/s1. The molecule has 230 valence electrons. The van der Waals surface area contributed by atoms with Crippen LogP contribution in [0, 0.1) is 5.92 Å². The number of fused-ring (bicyclic) bond motifs is 2. The van der Waals surface area contributed by atoms with Crippen molar-refractivity contribution < 1.29 is 32.5 Å². The first-order valence-electron chi connectivity index (χ1n) is 14.3. The second-order valence-corrected chi connectivity index (χ2v) is 13.4. The van der Waals surface area contributed by atoms with E-state index in [1.54, 1.807) is 57.4 Å². The number of carbonyl (C=O) groups excluding carboxylic acids is 1. The van der Waals surface area contributed by atoms with Gasteiger partial charge < -0.3 is 24.2 Å². The van der Waals surface area contributed by atoms with Gasteiger partial charge in [-0.25, -0.2) is 8.42 Å². The van der Waals surface area contributed by atoms with Crippen LogP contribution in [0.1, 0.15) is 29.8 Å². The molecule has 0 fully saturated rings. The molecule has 43 heavy (non-hydrogen) atoms. The molecule has 5 rings (SSSR count). The van der Waals surface area contributed by atoms with E-state index in [0.29, 0.717) is 18.7 Å². The number of hydrogen-bond acceptors (Lipinski definition) is 8. The van der Waals surface area contributed by atoms with E-state index in [0.717, 1.165) is 28.2 Å². The summed E-state index contributed by atoms with van der Waals surface area (Å²) < 4.78 is 46.7. The summed E-state index contributed by atoms with van der Waals surface area (Å²) in [5, 5.41) is 9.96. The monoisotopic (exact) mass is 609 g/mol. The van der Waals surface area contributed by atoms with E-state index in [4.69, 9.17) is 14.2 Å². The first kappa shape index (κ1) is 30.8. The van der Waals surface area contributed by atoms with Crippen molar-refractivity contribution in [3.05, 3.63) is 71.8 Å². The van der Waals surface area contributed by atoms with Crippen molar-refractivity contribution in [2.24, 2.45) is 5.92 Å². The number of likely N-dealkylation sites (N-methyl/N-ethyl adjacent to an activating group) is 1. The van der Waals surface area contributed by atoms with Crippen LogP contribution in [0.5, 0.6) is 17.2 Å². The largest absolute Gasteiger partial charge is 0.487 e. The summed E-state index contributed by atoms with van der Waals surface area (Å²) in [5.41, 5.74) is 3.08. The van der Waals surface area contributed by atoms with E-state index >= 15 is 0 Å². The topological polar surface area (TPSA) is 109 Å². The number of carbonyl (C=O) groups is 1. The van der Waals surface area contributed by atoms with Crippen LogP contribution in [0.4, 0.5) is 0 Å². The van der Waals surface area contributed by atoms with E-state index in [2.05, 4.69) is 4.90 Å². The molecule has 0 bridgehead atoms. The Balaban J connectivity index is 1.49. The van der Waals surface area contributed by atoms with Gasteiger partial charge in [0.2, 0.25) is 16.8 Å². The average Bonchev–Trinajstić information content (AvgIpc) is 3.46. The van der Waals surface area contributed by atoms with Crippen LogP contribution in [0.2, 0.25) is 0 Å². The van der Waals surface area contributed by atoms with Gasteiger partial charge >= 0.3 is 0 Å². The molecule has 2 aliphatic heterocycles. The van der Waals surface area contributed by atoms with Gasteiger partial charge in [-0.05, 0) is 67.1 Å². The molecule has 0 saturated heterocycles. The number of aliphatic hydroxyl groups is 1. The molecule has 2 heterocycles. The Labute approximate surface area is 253 Å². The van der Waals surface area contributed by atoms with E-state index in [9.17, 15) is 18.3 Å². The van der Waals surface area contributed by atoms with Crippen molar-refractivity contribution in [1.29, 1.82) is 0 Å². The van der Waals surface area contributed by atoms with Crippen LogP contribution in [-0.4, -0.2) is 93.3 Å². The van der Waals surface area contributed by atoms with Gasteiger partial charge in [0.15, 0.2) is 11.5 Å². The first-order valence-corrected chi connectivity index (χ1v) is 15.7. The van der Waals surface area contributed by atoms with Gasteiger partial charge in [-0.3, -0.25) is 9.69 Å². The van der Waals surface area contributed by atoms with E-state index < -0.39 is 16.1 Å². The lowest BCUT2D eigenvalue weighted by molar-refractivity contribution is 0.0734. The van der Waals surface area contributed by atoms with Crippen LogP contribution in [-0.2, 0) is 16.6 Å². The zero-order chi connectivity index (χ0) is 30.9. The maximum absolute atomic E-state index is 13.9. The summed E-state index contributed by atoms with van der Waals surface area (Å²) in [6.07, 6.45) is -0.362. The van der Waals surface area contributed by atoms with Crippen LogP contribution in [0.25, 0.3) is 11.1 Å². The Morgan fingerprint density at radius 1 is 1.00 bits per heavy atom. The lowest BCUT2D eigenvalue weighted by Gasteiger charge is -2.37. The molecule has 0 unspecified atom stereocenters. The number of amides is 1. The van der Waals surface area contributed by atoms with E-state index in [1.807, 2.05) is 38.2 Å². The second-order valence-electron chi connectivity index (χ2n) is 11.6. The third kappa shape index (κ3) is 6.50.